The lowest BCUT2D eigenvalue weighted by Gasteiger charge is -2.14. The van der Waals surface area contributed by atoms with Gasteiger partial charge in [0.1, 0.15) is 5.75 Å². The van der Waals surface area contributed by atoms with Crippen molar-refractivity contribution in [3.05, 3.63) is 53.9 Å². The van der Waals surface area contributed by atoms with Crippen LogP contribution in [-0.2, 0) is 11.2 Å². The first-order valence-electron chi connectivity index (χ1n) is 10.3. The number of ether oxygens (including phenoxy) is 3. The Hall–Kier alpha value is -4.08. The predicted molar refractivity (Wildman–Crippen MR) is 119 cm³/mol. The minimum atomic E-state index is -0.489. The van der Waals surface area contributed by atoms with Crippen molar-refractivity contribution in [2.75, 3.05) is 14.2 Å². The van der Waals surface area contributed by atoms with Crippen molar-refractivity contribution in [1.29, 1.82) is 0 Å². The number of aryl methyl sites for hydroxylation is 1. The Kier molecular flexibility index (Phi) is 7.85. The van der Waals surface area contributed by atoms with E-state index in [1.54, 1.807) is 37.4 Å². The highest BCUT2D eigenvalue weighted by Gasteiger charge is 2.14. The second kappa shape index (κ2) is 11.0. The molecule has 0 radical (unpaired) electrons. The van der Waals surface area contributed by atoms with Gasteiger partial charge in [0.05, 0.1) is 20.3 Å². The molecular formula is C23H26N4O6. The maximum atomic E-state index is 12.4. The minimum Gasteiger partial charge on any atom is -0.497 e. The highest BCUT2D eigenvalue weighted by Crippen LogP contribution is 2.29. The summed E-state index contributed by atoms with van der Waals surface area (Å²) in [4.78, 5) is 28.8. The van der Waals surface area contributed by atoms with Gasteiger partial charge in [-0.05, 0) is 56.3 Å². The molecule has 33 heavy (non-hydrogen) atoms. The molecule has 2 N–H and O–H groups in total. The number of hydrazine groups is 1. The number of carbonyl (C=O) groups excluding carboxylic acids is 2. The molecule has 1 heterocycles. The molecule has 0 aliphatic rings. The molecule has 0 aliphatic heterocycles. The lowest BCUT2D eigenvalue weighted by atomic mass is 10.2. The average Bonchev–Trinajstić information content (AvgIpc) is 3.30. The first-order chi connectivity index (χ1) is 15.9. The molecular weight excluding hydrogens is 428 g/mol. The Bertz CT molecular complexity index is 1090. The van der Waals surface area contributed by atoms with Crippen molar-refractivity contribution < 1.29 is 28.3 Å². The molecule has 0 saturated heterocycles. The fourth-order valence-corrected chi connectivity index (χ4v) is 2.86. The maximum absolute atomic E-state index is 12.4. The maximum Gasteiger partial charge on any atom is 0.269 e. The number of hydrogen-bond acceptors (Lipinski definition) is 8. The Labute approximate surface area is 191 Å². The minimum absolute atomic E-state index is 0.0380. The number of nitrogens with one attached hydrogen (secondary N) is 2. The summed E-state index contributed by atoms with van der Waals surface area (Å²) in [5, 5.41) is 3.92. The van der Waals surface area contributed by atoms with E-state index in [9.17, 15) is 9.59 Å². The van der Waals surface area contributed by atoms with Gasteiger partial charge >= 0.3 is 0 Å². The molecule has 0 aliphatic carbocycles. The van der Waals surface area contributed by atoms with Crippen LogP contribution >= 0.6 is 0 Å². The third-order valence-electron chi connectivity index (χ3n) is 4.49. The standard InChI is InChI=1S/C23H26N4O6/c1-14(2)32-18-10-7-16(13-19(18)31-4)23(29)26-25-20(28)11-12-21-24-22(27-33-21)15-5-8-17(30-3)9-6-15/h5-10,13-14H,11-12H2,1-4H3,(H,25,28)(H,26,29). The molecule has 2 aromatic carbocycles. The zero-order valence-corrected chi connectivity index (χ0v) is 18.9. The highest BCUT2D eigenvalue weighted by molar-refractivity contribution is 5.96. The van der Waals surface area contributed by atoms with E-state index in [4.69, 9.17) is 18.7 Å². The van der Waals surface area contributed by atoms with Crippen LogP contribution in [0, 0.1) is 0 Å². The topological polar surface area (TPSA) is 125 Å². The van der Waals surface area contributed by atoms with Gasteiger partial charge in [0.15, 0.2) is 11.5 Å². The summed E-state index contributed by atoms with van der Waals surface area (Å²) < 4.78 is 21.2. The molecule has 0 fully saturated rings. The fraction of sp³-hybridized carbons (Fsp3) is 0.304. The van der Waals surface area contributed by atoms with E-state index in [0.29, 0.717) is 28.8 Å². The van der Waals surface area contributed by atoms with Crippen LogP contribution in [0.5, 0.6) is 17.2 Å². The summed E-state index contributed by atoms with van der Waals surface area (Å²) in [5.41, 5.74) is 5.82. The van der Waals surface area contributed by atoms with Gasteiger partial charge in [-0.3, -0.25) is 20.4 Å². The third-order valence-corrected chi connectivity index (χ3v) is 4.49. The average molecular weight is 454 g/mol. The van der Waals surface area contributed by atoms with Crippen LogP contribution in [-0.4, -0.2) is 42.3 Å². The van der Waals surface area contributed by atoms with Gasteiger partial charge in [-0.15, -0.1) is 0 Å². The summed E-state index contributed by atoms with van der Waals surface area (Å²) in [6.45, 7) is 3.79. The van der Waals surface area contributed by atoms with Crippen molar-refractivity contribution in [1.82, 2.24) is 21.0 Å². The van der Waals surface area contributed by atoms with E-state index in [1.807, 2.05) is 26.0 Å². The van der Waals surface area contributed by atoms with Crippen LogP contribution in [0.1, 0.15) is 36.5 Å². The zero-order chi connectivity index (χ0) is 23.8. The third kappa shape index (κ3) is 6.45. The van der Waals surface area contributed by atoms with Gasteiger partial charge < -0.3 is 18.7 Å². The zero-order valence-electron chi connectivity index (χ0n) is 18.9. The summed E-state index contributed by atoms with van der Waals surface area (Å²) in [5.74, 6) is 1.51. The number of rotatable bonds is 9. The fourth-order valence-electron chi connectivity index (χ4n) is 2.86. The largest absolute Gasteiger partial charge is 0.497 e. The van der Waals surface area contributed by atoms with Crippen molar-refractivity contribution in [3.8, 4) is 28.6 Å². The van der Waals surface area contributed by atoms with Crippen LogP contribution < -0.4 is 25.1 Å². The quantitative estimate of drug-likeness (QED) is 0.473. The second-order valence-electron chi connectivity index (χ2n) is 7.27. The molecule has 3 rings (SSSR count). The van der Waals surface area contributed by atoms with Crippen molar-refractivity contribution in [3.63, 3.8) is 0 Å². The normalized spacial score (nSPS) is 10.6. The smallest absolute Gasteiger partial charge is 0.269 e. The van der Waals surface area contributed by atoms with Crippen molar-refractivity contribution in [2.24, 2.45) is 0 Å². The van der Waals surface area contributed by atoms with Gasteiger partial charge in [0.2, 0.25) is 17.6 Å². The first-order valence-corrected chi connectivity index (χ1v) is 10.3. The van der Waals surface area contributed by atoms with Crippen LogP contribution in [0.4, 0.5) is 0 Å². The van der Waals surface area contributed by atoms with Gasteiger partial charge in [0.25, 0.3) is 5.91 Å². The second-order valence-corrected chi connectivity index (χ2v) is 7.27. The number of benzene rings is 2. The molecule has 2 amide bonds. The Morgan fingerprint density at radius 2 is 1.76 bits per heavy atom. The van der Waals surface area contributed by atoms with E-state index in [-0.39, 0.29) is 18.9 Å². The summed E-state index contributed by atoms with van der Waals surface area (Å²) in [7, 11) is 3.08. The lowest BCUT2D eigenvalue weighted by molar-refractivity contribution is -0.121. The molecule has 3 aromatic rings. The number of carbonyl (C=O) groups is 2. The van der Waals surface area contributed by atoms with E-state index < -0.39 is 11.8 Å². The highest BCUT2D eigenvalue weighted by atomic mass is 16.5. The molecule has 0 atom stereocenters. The molecule has 0 bridgehead atoms. The van der Waals surface area contributed by atoms with E-state index >= 15 is 0 Å². The van der Waals surface area contributed by atoms with E-state index in [2.05, 4.69) is 21.0 Å². The molecule has 1 aromatic heterocycles. The number of hydrogen-bond donors (Lipinski definition) is 2. The van der Waals surface area contributed by atoms with E-state index in [0.717, 1.165) is 11.3 Å². The summed E-state index contributed by atoms with van der Waals surface area (Å²) >= 11 is 0. The Morgan fingerprint density at radius 1 is 1.00 bits per heavy atom. The summed E-state index contributed by atoms with van der Waals surface area (Å²) in [6, 6.07) is 12.0. The van der Waals surface area contributed by atoms with Crippen LogP contribution in [0.25, 0.3) is 11.4 Å². The number of nitrogens with zero attached hydrogens (tertiary/aromatic N) is 2. The first kappa shape index (κ1) is 23.6. The Balaban J connectivity index is 1.49. The monoisotopic (exact) mass is 454 g/mol. The van der Waals surface area contributed by atoms with Crippen LogP contribution in [0.3, 0.4) is 0 Å². The lowest BCUT2D eigenvalue weighted by Crippen LogP contribution is -2.41. The molecule has 10 heteroatoms. The predicted octanol–water partition coefficient (Wildman–Crippen LogP) is 2.93. The van der Waals surface area contributed by atoms with Gasteiger partial charge in [0, 0.05) is 24.0 Å². The van der Waals surface area contributed by atoms with Crippen molar-refractivity contribution in [2.45, 2.75) is 32.8 Å². The van der Waals surface area contributed by atoms with E-state index in [1.165, 1.54) is 7.11 Å². The summed E-state index contributed by atoms with van der Waals surface area (Å²) in [6.07, 6.45) is 0.235. The Morgan fingerprint density at radius 3 is 2.42 bits per heavy atom. The SMILES string of the molecule is COc1ccc(-c2noc(CCC(=O)NNC(=O)c3ccc(OC(C)C)c(OC)c3)n2)cc1. The van der Waals surface area contributed by atoms with Gasteiger partial charge in [-0.25, -0.2) is 0 Å². The van der Waals surface area contributed by atoms with Gasteiger partial charge in [-0.2, -0.15) is 4.98 Å². The van der Waals surface area contributed by atoms with Crippen LogP contribution in [0.15, 0.2) is 47.0 Å². The molecule has 10 nitrogen and oxygen atoms in total. The molecule has 0 unspecified atom stereocenters. The van der Waals surface area contributed by atoms with Crippen LogP contribution in [0.2, 0.25) is 0 Å². The number of methoxy groups -OCH3 is 2. The van der Waals surface area contributed by atoms with Gasteiger partial charge in [-0.1, -0.05) is 5.16 Å². The number of aromatic nitrogens is 2. The molecule has 0 saturated carbocycles. The van der Waals surface area contributed by atoms with Crippen molar-refractivity contribution >= 4 is 11.8 Å². The molecule has 0 spiro atoms. The molecule has 174 valence electrons. The number of amides is 2.